The van der Waals surface area contributed by atoms with Crippen LogP contribution in [-0.2, 0) is 14.8 Å². The molecule has 1 atom stereocenters. The molecular formula is C21H20N2O6S. The van der Waals surface area contributed by atoms with Crippen molar-refractivity contribution in [3.8, 4) is 16.9 Å². The maximum absolute atomic E-state index is 13.4. The predicted octanol–water partition coefficient (Wildman–Crippen LogP) is 3.31. The molecule has 4 rings (SSSR count). The van der Waals surface area contributed by atoms with Crippen molar-refractivity contribution in [3.63, 3.8) is 0 Å². The van der Waals surface area contributed by atoms with E-state index in [4.69, 9.17) is 9.26 Å². The van der Waals surface area contributed by atoms with Gasteiger partial charge >= 0.3 is 5.97 Å². The lowest BCUT2D eigenvalue weighted by Crippen LogP contribution is -2.47. The van der Waals surface area contributed by atoms with Gasteiger partial charge in [-0.1, -0.05) is 28.9 Å². The highest BCUT2D eigenvalue weighted by Gasteiger charge is 2.38. The van der Waals surface area contributed by atoms with Crippen LogP contribution in [0.2, 0.25) is 0 Å². The van der Waals surface area contributed by atoms with Crippen molar-refractivity contribution in [2.24, 2.45) is 0 Å². The number of ether oxygens (including phenoxy) is 1. The van der Waals surface area contributed by atoms with Gasteiger partial charge in [-0.15, -0.1) is 0 Å². The first kappa shape index (κ1) is 20.0. The minimum absolute atomic E-state index is 0.0767. The first-order valence-electron chi connectivity index (χ1n) is 9.24. The second kappa shape index (κ2) is 7.17. The fourth-order valence-corrected chi connectivity index (χ4v) is 4.96. The van der Waals surface area contributed by atoms with Crippen molar-refractivity contribution >= 4 is 21.7 Å². The molecule has 0 spiro atoms. The SMILES string of the molecule is Cc1ccc(S(=O)(=O)N2CC(C(=O)O)Oc3ccc(-c4c(C)noc4C)cc32)cc1. The van der Waals surface area contributed by atoms with Crippen molar-refractivity contribution < 1.29 is 27.6 Å². The smallest absolute Gasteiger partial charge is 0.346 e. The van der Waals surface area contributed by atoms with E-state index in [1.807, 2.05) is 6.92 Å². The Labute approximate surface area is 173 Å². The highest BCUT2D eigenvalue weighted by Crippen LogP contribution is 2.41. The number of hydrogen-bond acceptors (Lipinski definition) is 6. The van der Waals surface area contributed by atoms with E-state index in [-0.39, 0.29) is 22.9 Å². The molecule has 0 aliphatic carbocycles. The number of hydrogen-bond donors (Lipinski definition) is 1. The molecule has 0 saturated heterocycles. The molecule has 1 aromatic heterocycles. The molecule has 0 radical (unpaired) electrons. The third kappa shape index (κ3) is 3.30. The van der Waals surface area contributed by atoms with Crippen LogP contribution in [0, 0.1) is 20.8 Å². The van der Waals surface area contributed by atoms with Crippen LogP contribution in [0.4, 0.5) is 5.69 Å². The summed E-state index contributed by atoms with van der Waals surface area (Å²) in [6.07, 6.45) is -1.32. The summed E-state index contributed by atoms with van der Waals surface area (Å²) in [6.45, 7) is 5.08. The number of aryl methyl sites for hydroxylation is 3. The molecule has 1 aliphatic rings. The molecule has 0 saturated carbocycles. The molecule has 8 nitrogen and oxygen atoms in total. The Morgan fingerprint density at radius 3 is 2.43 bits per heavy atom. The van der Waals surface area contributed by atoms with Gasteiger partial charge in [0, 0.05) is 5.56 Å². The van der Waals surface area contributed by atoms with Gasteiger partial charge < -0.3 is 14.4 Å². The van der Waals surface area contributed by atoms with Crippen LogP contribution >= 0.6 is 0 Å². The number of rotatable bonds is 4. The lowest BCUT2D eigenvalue weighted by molar-refractivity contribution is -0.144. The second-order valence-corrected chi connectivity index (χ2v) is 9.04. The Bertz CT molecular complexity index is 1210. The van der Waals surface area contributed by atoms with Crippen LogP contribution in [0.1, 0.15) is 17.0 Å². The van der Waals surface area contributed by atoms with Crippen molar-refractivity contribution in [2.45, 2.75) is 31.8 Å². The van der Waals surface area contributed by atoms with Gasteiger partial charge in [-0.3, -0.25) is 4.31 Å². The molecule has 9 heteroatoms. The van der Waals surface area contributed by atoms with Crippen LogP contribution in [0.5, 0.6) is 5.75 Å². The first-order valence-corrected chi connectivity index (χ1v) is 10.7. The van der Waals surface area contributed by atoms with Crippen molar-refractivity contribution in [1.29, 1.82) is 0 Å². The zero-order valence-electron chi connectivity index (χ0n) is 16.6. The minimum Gasteiger partial charge on any atom is -0.478 e. The number of fused-ring (bicyclic) bond motifs is 1. The molecule has 156 valence electrons. The van der Waals surface area contributed by atoms with Crippen molar-refractivity contribution in [3.05, 3.63) is 59.5 Å². The average molecular weight is 428 g/mol. The Morgan fingerprint density at radius 2 is 1.83 bits per heavy atom. The summed E-state index contributed by atoms with van der Waals surface area (Å²) in [5.41, 5.74) is 3.31. The molecule has 0 fully saturated rings. The molecule has 1 aliphatic heterocycles. The molecule has 0 amide bonds. The van der Waals surface area contributed by atoms with E-state index in [1.165, 1.54) is 12.1 Å². The highest BCUT2D eigenvalue weighted by molar-refractivity contribution is 7.92. The Balaban J connectivity index is 1.88. The summed E-state index contributed by atoms with van der Waals surface area (Å²) in [7, 11) is -4.01. The van der Waals surface area contributed by atoms with Gasteiger partial charge in [-0.2, -0.15) is 0 Å². The van der Waals surface area contributed by atoms with E-state index in [0.717, 1.165) is 15.4 Å². The van der Waals surface area contributed by atoms with Gasteiger partial charge in [0.05, 0.1) is 22.8 Å². The van der Waals surface area contributed by atoms with E-state index in [1.54, 1.807) is 44.2 Å². The largest absolute Gasteiger partial charge is 0.478 e. The maximum Gasteiger partial charge on any atom is 0.346 e. The summed E-state index contributed by atoms with van der Waals surface area (Å²) in [6, 6.07) is 11.4. The molecule has 3 aromatic rings. The fourth-order valence-electron chi connectivity index (χ4n) is 3.50. The molecule has 30 heavy (non-hydrogen) atoms. The number of sulfonamides is 1. The van der Waals surface area contributed by atoms with Crippen LogP contribution in [0.25, 0.3) is 11.1 Å². The zero-order valence-corrected chi connectivity index (χ0v) is 17.4. The second-order valence-electron chi connectivity index (χ2n) is 7.18. The average Bonchev–Trinajstić information content (AvgIpc) is 3.05. The predicted molar refractivity (Wildman–Crippen MR) is 109 cm³/mol. The van der Waals surface area contributed by atoms with Gasteiger partial charge in [-0.25, -0.2) is 13.2 Å². The van der Waals surface area contributed by atoms with Gasteiger partial charge in [-0.05, 0) is 50.6 Å². The third-order valence-corrected chi connectivity index (χ3v) is 6.83. The number of aliphatic carboxylic acids is 1. The number of benzene rings is 2. The number of carboxylic acid groups (broad SMARTS) is 1. The summed E-state index contributed by atoms with van der Waals surface area (Å²) < 4.78 is 38.7. The quantitative estimate of drug-likeness (QED) is 0.679. The van der Waals surface area contributed by atoms with E-state index < -0.39 is 22.1 Å². The van der Waals surface area contributed by atoms with Gasteiger partial charge in [0.1, 0.15) is 11.5 Å². The number of aromatic nitrogens is 1. The monoisotopic (exact) mass is 428 g/mol. The van der Waals surface area contributed by atoms with Crippen molar-refractivity contribution in [1.82, 2.24) is 5.16 Å². The summed E-state index contributed by atoms with van der Waals surface area (Å²) >= 11 is 0. The third-order valence-electron chi connectivity index (χ3n) is 5.03. The van der Waals surface area contributed by atoms with Crippen LogP contribution < -0.4 is 9.04 Å². The number of carboxylic acids is 1. The molecular weight excluding hydrogens is 408 g/mol. The van der Waals surface area contributed by atoms with Crippen LogP contribution in [-0.4, -0.2) is 37.3 Å². The lowest BCUT2D eigenvalue weighted by atomic mass is 10.0. The lowest BCUT2D eigenvalue weighted by Gasteiger charge is -2.34. The van der Waals surface area contributed by atoms with Crippen molar-refractivity contribution in [2.75, 3.05) is 10.8 Å². The van der Waals surface area contributed by atoms with Gasteiger partial charge in [0.15, 0.2) is 0 Å². The fraction of sp³-hybridized carbons (Fsp3) is 0.238. The van der Waals surface area contributed by atoms with E-state index >= 15 is 0 Å². The van der Waals surface area contributed by atoms with E-state index in [0.29, 0.717) is 17.0 Å². The van der Waals surface area contributed by atoms with Crippen LogP contribution in [0.3, 0.4) is 0 Å². The standard InChI is InChI=1S/C21H20N2O6S/c1-12-4-7-16(8-5-12)30(26,27)23-11-19(21(24)25)28-18-9-6-15(10-17(18)23)20-13(2)22-29-14(20)3/h4-10,19H,11H2,1-3H3,(H,24,25). The molecule has 0 bridgehead atoms. The topological polar surface area (TPSA) is 110 Å². The number of anilines is 1. The molecule has 1 N–H and O–H groups in total. The summed E-state index contributed by atoms with van der Waals surface area (Å²) in [5.74, 6) is -0.458. The summed E-state index contributed by atoms with van der Waals surface area (Å²) in [4.78, 5) is 11.7. The Hall–Kier alpha value is -3.33. The molecule has 2 aromatic carbocycles. The molecule has 2 heterocycles. The zero-order chi connectivity index (χ0) is 21.6. The van der Waals surface area contributed by atoms with E-state index in [2.05, 4.69) is 5.16 Å². The first-order chi connectivity index (χ1) is 14.2. The normalized spacial score (nSPS) is 16.1. The highest BCUT2D eigenvalue weighted by atomic mass is 32.2. The Kier molecular flexibility index (Phi) is 4.77. The Morgan fingerprint density at radius 1 is 1.13 bits per heavy atom. The number of nitrogens with zero attached hydrogens (tertiary/aromatic N) is 2. The van der Waals surface area contributed by atoms with E-state index in [9.17, 15) is 18.3 Å². The van der Waals surface area contributed by atoms with Crippen LogP contribution in [0.15, 0.2) is 51.9 Å². The summed E-state index contributed by atoms with van der Waals surface area (Å²) in [5, 5.41) is 13.4. The molecule has 1 unspecified atom stereocenters. The minimum atomic E-state index is -4.01. The van der Waals surface area contributed by atoms with Gasteiger partial charge in [0.25, 0.3) is 10.0 Å². The maximum atomic E-state index is 13.4. The number of carbonyl (C=O) groups is 1. The van der Waals surface area contributed by atoms with Gasteiger partial charge in [0.2, 0.25) is 6.10 Å².